The van der Waals surface area contributed by atoms with Crippen LogP contribution in [0.2, 0.25) is 0 Å². The van der Waals surface area contributed by atoms with Crippen LogP contribution in [0.1, 0.15) is 11.6 Å². The molecule has 8 nitrogen and oxygen atoms in total. The van der Waals surface area contributed by atoms with Crippen molar-refractivity contribution in [2.75, 3.05) is 0 Å². The van der Waals surface area contributed by atoms with Gasteiger partial charge in [-0.1, -0.05) is 0 Å². The molecule has 0 aliphatic carbocycles. The Morgan fingerprint density at radius 3 is 2.83 bits per heavy atom. The van der Waals surface area contributed by atoms with E-state index in [-0.39, 0.29) is 18.2 Å². The lowest BCUT2D eigenvalue weighted by Gasteiger charge is -2.01. The Labute approximate surface area is 104 Å². The normalized spacial score (nSPS) is 11.9. The van der Waals surface area contributed by atoms with E-state index in [9.17, 15) is 8.42 Å². The molecule has 0 atom stereocenters. The van der Waals surface area contributed by atoms with Gasteiger partial charge in [0.2, 0.25) is 5.09 Å². The molecule has 2 aromatic heterocycles. The second-order valence-corrected chi connectivity index (χ2v) is 5.28. The topological polar surface area (TPSA) is 116 Å². The highest BCUT2D eigenvalue weighted by molar-refractivity contribution is 7.89. The monoisotopic (exact) mass is 271 g/mol. The summed E-state index contributed by atoms with van der Waals surface area (Å²) in [7, 11) is -2.00. The minimum absolute atomic E-state index is 0.00182. The summed E-state index contributed by atoms with van der Waals surface area (Å²) in [5.74, 6) is 0.790. The van der Waals surface area contributed by atoms with E-state index in [4.69, 9.17) is 10.2 Å². The number of aromatic nitrogens is 3. The Morgan fingerprint density at radius 1 is 1.50 bits per heavy atom. The molecule has 0 aliphatic rings. The van der Waals surface area contributed by atoms with Gasteiger partial charge in [0, 0.05) is 7.05 Å². The van der Waals surface area contributed by atoms with Crippen molar-refractivity contribution in [2.45, 2.75) is 18.2 Å². The summed E-state index contributed by atoms with van der Waals surface area (Å²) in [6.07, 6.45) is 1.49. The average molecular weight is 271 g/mol. The van der Waals surface area contributed by atoms with Gasteiger partial charge >= 0.3 is 0 Å². The van der Waals surface area contributed by atoms with Crippen molar-refractivity contribution in [3.63, 3.8) is 0 Å². The minimum atomic E-state index is -3.70. The molecule has 0 amide bonds. The zero-order valence-electron chi connectivity index (χ0n) is 9.70. The number of rotatable bonds is 5. The van der Waals surface area contributed by atoms with E-state index in [1.165, 1.54) is 23.1 Å². The molecular formula is C9H13N5O3S. The van der Waals surface area contributed by atoms with E-state index >= 15 is 0 Å². The second-order valence-electron chi connectivity index (χ2n) is 3.58. The predicted molar refractivity (Wildman–Crippen MR) is 61.6 cm³/mol. The van der Waals surface area contributed by atoms with E-state index < -0.39 is 10.0 Å². The summed E-state index contributed by atoms with van der Waals surface area (Å²) in [6.45, 7) is 0.152. The Balaban J connectivity index is 2.07. The average Bonchev–Trinajstić information content (AvgIpc) is 2.95. The Bertz CT molecular complexity index is 630. The van der Waals surface area contributed by atoms with E-state index in [2.05, 4.69) is 14.8 Å². The van der Waals surface area contributed by atoms with Gasteiger partial charge in [-0.15, -0.1) is 0 Å². The first-order chi connectivity index (χ1) is 8.51. The van der Waals surface area contributed by atoms with Crippen LogP contribution < -0.4 is 10.5 Å². The molecular weight excluding hydrogens is 258 g/mol. The molecule has 2 rings (SSSR count). The Morgan fingerprint density at radius 2 is 2.28 bits per heavy atom. The van der Waals surface area contributed by atoms with Crippen molar-refractivity contribution in [3.05, 3.63) is 30.0 Å². The lowest BCUT2D eigenvalue weighted by atomic mass is 10.5. The second kappa shape index (κ2) is 4.88. The van der Waals surface area contributed by atoms with Crippen molar-refractivity contribution in [1.82, 2.24) is 19.5 Å². The van der Waals surface area contributed by atoms with Crippen molar-refractivity contribution in [1.29, 1.82) is 0 Å². The predicted octanol–water partition coefficient (Wildman–Crippen LogP) is -0.655. The van der Waals surface area contributed by atoms with Gasteiger partial charge in [-0.25, -0.2) is 18.1 Å². The Hall–Kier alpha value is -1.71. The summed E-state index contributed by atoms with van der Waals surface area (Å²) in [4.78, 5) is 3.91. The molecule has 0 fully saturated rings. The molecule has 98 valence electrons. The van der Waals surface area contributed by atoms with Gasteiger partial charge < -0.3 is 10.2 Å². The molecule has 0 saturated carbocycles. The molecule has 2 heterocycles. The molecule has 0 unspecified atom stereocenters. The van der Waals surface area contributed by atoms with Gasteiger partial charge in [0.15, 0.2) is 5.82 Å². The molecule has 0 saturated heterocycles. The fourth-order valence-electron chi connectivity index (χ4n) is 1.31. The SMILES string of the molecule is Cn1cnc(CNS(=O)(=O)c2ccc(CN)o2)n1. The molecule has 9 heteroatoms. The summed E-state index contributed by atoms with van der Waals surface area (Å²) >= 11 is 0. The number of nitrogens with one attached hydrogen (secondary N) is 1. The minimum Gasteiger partial charge on any atom is -0.447 e. The summed E-state index contributed by atoms with van der Waals surface area (Å²) in [5, 5.41) is 3.79. The van der Waals surface area contributed by atoms with E-state index in [0.29, 0.717) is 11.6 Å². The van der Waals surface area contributed by atoms with Crippen LogP contribution in [0.3, 0.4) is 0 Å². The van der Waals surface area contributed by atoms with Crippen molar-refractivity contribution in [2.24, 2.45) is 12.8 Å². The number of nitrogens with zero attached hydrogens (tertiary/aromatic N) is 3. The molecule has 0 bridgehead atoms. The van der Waals surface area contributed by atoms with Crippen LogP contribution in [0.4, 0.5) is 0 Å². The van der Waals surface area contributed by atoms with Crippen molar-refractivity contribution >= 4 is 10.0 Å². The summed E-state index contributed by atoms with van der Waals surface area (Å²) < 4.78 is 32.6. The maximum Gasteiger partial charge on any atom is 0.274 e. The largest absolute Gasteiger partial charge is 0.447 e. The van der Waals surface area contributed by atoms with Gasteiger partial charge in [0.1, 0.15) is 12.1 Å². The number of hydrogen-bond donors (Lipinski definition) is 2. The van der Waals surface area contributed by atoms with Crippen LogP contribution >= 0.6 is 0 Å². The molecule has 0 aromatic carbocycles. The molecule has 2 aromatic rings. The summed E-state index contributed by atoms with van der Waals surface area (Å²) in [6, 6.07) is 2.88. The van der Waals surface area contributed by atoms with Crippen LogP contribution in [0.15, 0.2) is 28.0 Å². The lowest BCUT2D eigenvalue weighted by Crippen LogP contribution is -2.23. The smallest absolute Gasteiger partial charge is 0.274 e. The third kappa shape index (κ3) is 2.75. The third-order valence-electron chi connectivity index (χ3n) is 2.17. The summed E-state index contributed by atoms with van der Waals surface area (Å²) in [5.41, 5.74) is 5.34. The quantitative estimate of drug-likeness (QED) is 0.746. The van der Waals surface area contributed by atoms with Gasteiger partial charge in [-0.05, 0) is 12.1 Å². The van der Waals surface area contributed by atoms with Crippen LogP contribution in [0.25, 0.3) is 0 Å². The third-order valence-corrected chi connectivity index (χ3v) is 3.44. The zero-order valence-corrected chi connectivity index (χ0v) is 10.5. The highest BCUT2D eigenvalue weighted by Crippen LogP contribution is 2.13. The van der Waals surface area contributed by atoms with Crippen LogP contribution in [-0.2, 0) is 30.2 Å². The maximum atomic E-state index is 11.8. The fraction of sp³-hybridized carbons (Fsp3) is 0.333. The molecule has 0 aliphatic heterocycles. The maximum absolute atomic E-state index is 11.8. The highest BCUT2D eigenvalue weighted by atomic mass is 32.2. The first-order valence-corrected chi connectivity index (χ1v) is 6.62. The van der Waals surface area contributed by atoms with Crippen LogP contribution in [0, 0.1) is 0 Å². The molecule has 3 N–H and O–H groups in total. The van der Waals surface area contributed by atoms with E-state index in [1.54, 1.807) is 7.05 Å². The van der Waals surface area contributed by atoms with Crippen molar-refractivity contribution in [3.8, 4) is 0 Å². The number of sulfonamides is 1. The van der Waals surface area contributed by atoms with Gasteiger partial charge in [0.05, 0.1) is 13.1 Å². The molecule has 0 spiro atoms. The van der Waals surface area contributed by atoms with Crippen LogP contribution in [-0.4, -0.2) is 23.2 Å². The Kier molecular flexibility index (Phi) is 3.45. The van der Waals surface area contributed by atoms with Crippen molar-refractivity contribution < 1.29 is 12.8 Å². The fourth-order valence-corrected chi connectivity index (χ4v) is 2.23. The zero-order chi connectivity index (χ0) is 13.2. The van der Waals surface area contributed by atoms with Gasteiger partial charge in [0.25, 0.3) is 10.0 Å². The number of hydrogen-bond acceptors (Lipinski definition) is 6. The lowest BCUT2D eigenvalue weighted by molar-refractivity contribution is 0.412. The van der Waals surface area contributed by atoms with E-state index in [1.807, 2.05) is 0 Å². The van der Waals surface area contributed by atoms with E-state index in [0.717, 1.165) is 0 Å². The molecule has 0 radical (unpaired) electrons. The highest BCUT2D eigenvalue weighted by Gasteiger charge is 2.18. The first-order valence-electron chi connectivity index (χ1n) is 5.14. The number of furan rings is 1. The van der Waals surface area contributed by atoms with Gasteiger partial charge in [-0.3, -0.25) is 4.68 Å². The molecule has 18 heavy (non-hydrogen) atoms. The number of aryl methyl sites for hydroxylation is 1. The first kappa shape index (κ1) is 12.7. The van der Waals surface area contributed by atoms with Gasteiger partial charge in [-0.2, -0.15) is 5.10 Å². The number of nitrogens with two attached hydrogens (primary N) is 1. The van der Waals surface area contributed by atoms with Crippen LogP contribution in [0.5, 0.6) is 0 Å². The standard InChI is InChI=1S/C9H13N5O3S/c1-14-6-11-8(13-14)5-12-18(15,16)9-3-2-7(4-10)17-9/h2-3,6,12H,4-5,10H2,1H3.